The predicted octanol–water partition coefficient (Wildman–Crippen LogP) is 2.17. The number of likely N-dealkylation sites (tertiary alicyclic amines) is 2. The van der Waals surface area contributed by atoms with Crippen LogP contribution in [-0.2, 0) is 4.79 Å². The Bertz CT molecular complexity index is 307. The van der Waals surface area contributed by atoms with Crippen LogP contribution in [0.4, 0.5) is 0 Å². The van der Waals surface area contributed by atoms with Crippen molar-refractivity contribution in [2.45, 2.75) is 42.9 Å². The SMILES string of the molecule is C[C@@H]1CC(=O)CN1C.C[C@@H]1CC2(CN1C)SCCS2. The number of nitrogens with zero attached hydrogens (tertiary/aromatic N) is 2. The number of hydrogen-bond donors (Lipinski definition) is 0. The lowest BCUT2D eigenvalue weighted by Crippen LogP contribution is -2.24. The molecule has 19 heavy (non-hydrogen) atoms. The zero-order chi connectivity index (χ0) is 14.0. The minimum atomic E-state index is 0.375. The second-order valence-electron chi connectivity index (χ2n) is 6.08. The maximum atomic E-state index is 10.6. The van der Waals surface area contributed by atoms with E-state index in [9.17, 15) is 4.79 Å². The summed E-state index contributed by atoms with van der Waals surface area (Å²) in [5, 5.41) is 0. The molecule has 3 aliphatic heterocycles. The second-order valence-corrected chi connectivity index (χ2v) is 9.30. The van der Waals surface area contributed by atoms with E-state index in [2.05, 4.69) is 54.2 Å². The fraction of sp³-hybridized carbons (Fsp3) is 0.929. The van der Waals surface area contributed by atoms with Gasteiger partial charge >= 0.3 is 0 Å². The Morgan fingerprint density at radius 3 is 2.05 bits per heavy atom. The molecule has 0 aromatic rings. The van der Waals surface area contributed by atoms with E-state index >= 15 is 0 Å². The molecular formula is C14H26N2OS2. The number of carbonyl (C=O) groups excluding carboxylic acids is 1. The normalized spacial score (nSPS) is 34.8. The van der Waals surface area contributed by atoms with Gasteiger partial charge in [0.25, 0.3) is 0 Å². The van der Waals surface area contributed by atoms with Crippen molar-refractivity contribution in [1.82, 2.24) is 9.80 Å². The summed E-state index contributed by atoms with van der Waals surface area (Å²) in [4.78, 5) is 15.2. The summed E-state index contributed by atoms with van der Waals surface area (Å²) in [5.41, 5.74) is 0. The van der Waals surface area contributed by atoms with Crippen LogP contribution in [0.3, 0.4) is 0 Å². The van der Waals surface area contributed by atoms with Gasteiger partial charge in [0.1, 0.15) is 5.78 Å². The van der Waals surface area contributed by atoms with E-state index in [4.69, 9.17) is 0 Å². The first-order valence-corrected chi connectivity index (χ1v) is 9.09. The summed E-state index contributed by atoms with van der Waals surface area (Å²) in [6, 6.07) is 1.27. The van der Waals surface area contributed by atoms with Gasteiger partial charge in [-0.15, -0.1) is 23.5 Å². The lowest BCUT2D eigenvalue weighted by molar-refractivity contribution is -0.116. The molecule has 0 radical (unpaired) electrons. The summed E-state index contributed by atoms with van der Waals surface area (Å²) in [7, 11) is 4.23. The first-order valence-electron chi connectivity index (χ1n) is 7.12. The molecule has 0 amide bonds. The molecule has 0 N–H and O–H groups in total. The summed E-state index contributed by atoms with van der Waals surface area (Å²) in [6.07, 6.45) is 2.13. The summed E-state index contributed by atoms with van der Waals surface area (Å²) in [5.74, 6) is 3.11. The molecule has 3 rings (SSSR count). The molecule has 3 fully saturated rings. The molecule has 3 saturated heterocycles. The van der Waals surface area contributed by atoms with Crippen LogP contribution in [0.1, 0.15) is 26.7 Å². The van der Waals surface area contributed by atoms with Crippen molar-refractivity contribution in [3.8, 4) is 0 Å². The van der Waals surface area contributed by atoms with Crippen molar-refractivity contribution in [3.05, 3.63) is 0 Å². The Morgan fingerprint density at radius 1 is 1.11 bits per heavy atom. The topological polar surface area (TPSA) is 23.6 Å². The van der Waals surface area contributed by atoms with Crippen LogP contribution in [0.5, 0.6) is 0 Å². The quantitative estimate of drug-likeness (QED) is 0.682. The fourth-order valence-electron chi connectivity index (χ4n) is 2.90. The predicted molar refractivity (Wildman–Crippen MR) is 86.1 cm³/mol. The molecule has 3 heterocycles. The van der Waals surface area contributed by atoms with Crippen LogP contribution in [0.15, 0.2) is 0 Å². The van der Waals surface area contributed by atoms with Crippen LogP contribution in [-0.4, -0.2) is 70.4 Å². The minimum Gasteiger partial charge on any atom is -0.301 e. The van der Waals surface area contributed by atoms with Crippen molar-refractivity contribution in [2.75, 3.05) is 38.7 Å². The average Bonchev–Trinajstić information content (AvgIpc) is 2.95. The molecule has 110 valence electrons. The third-order valence-electron chi connectivity index (χ3n) is 4.36. The third-order valence-corrected chi connectivity index (χ3v) is 7.79. The van der Waals surface area contributed by atoms with Gasteiger partial charge in [-0.05, 0) is 34.4 Å². The van der Waals surface area contributed by atoms with E-state index in [-0.39, 0.29) is 0 Å². The maximum absolute atomic E-state index is 10.6. The largest absolute Gasteiger partial charge is 0.301 e. The summed E-state index contributed by atoms with van der Waals surface area (Å²) in [6.45, 7) is 6.36. The molecule has 0 aliphatic carbocycles. The van der Waals surface area contributed by atoms with E-state index < -0.39 is 0 Å². The van der Waals surface area contributed by atoms with Gasteiger partial charge in [0.15, 0.2) is 0 Å². The average molecular weight is 303 g/mol. The fourth-order valence-corrected chi connectivity index (χ4v) is 6.45. The van der Waals surface area contributed by atoms with Gasteiger partial charge in [-0.25, -0.2) is 0 Å². The van der Waals surface area contributed by atoms with Crippen LogP contribution in [0.25, 0.3) is 0 Å². The van der Waals surface area contributed by atoms with E-state index in [0.29, 0.717) is 22.4 Å². The summed E-state index contributed by atoms with van der Waals surface area (Å²) < 4.78 is 0.591. The van der Waals surface area contributed by atoms with Crippen molar-refractivity contribution in [2.24, 2.45) is 0 Å². The van der Waals surface area contributed by atoms with Gasteiger partial charge in [0, 0.05) is 36.6 Å². The monoisotopic (exact) mass is 302 g/mol. The molecule has 0 bridgehead atoms. The number of ketones is 1. The van der Waals surface area contributed by atoms with E-state index in [1.54, 1.807) is 0 Å². The Balaban J connectivity index is 0.000000148. The first kappa shape index (κ1) is 15.7. The molecule has 1 spiro atoms. The highest BCUT2D eigenvalue weighted by Crippen LogP contribution is 2.51. The Labute approximate surface area is 125 Å². The molecule has 3 aliphatic rings. The number of Topliss-reactive ketones (excluding diaryl/α,β-unsaturated/α-hetero) is 1. The molecule has 0 saturated carbocycles. The highest BCUT2D eigenvalue weighted by Gasteiger charge is 2.43. The van der Waals surface area contributed by atoms with Crippen molar-refractivity contribution < 1.29 is 4.79 Å². The van der Waals surface area contributed by atoms with Gasteiger partial charge in [0.05, 0.1) is 10.6 Å². The third kappa shape index (κ3) is 3.90. The molecule has 0 aromatic heterocycles. The number of hydrogen-bond acceptors (Lipinski definition) is 5. The van der Waals surface area contributed by atoms with Gasteiger partial charge in [-0.3, -0.25) is 9.69 Å². The second kappa shape index (κ2) is 6.37. The van der Waals surface area contributed by atoms with E-state index in [1.165, 1.54) is 24.5 Å². The zero-order valence-electron chi connectivity index (χ0n) is 12.5. The van der Waals surface area contributed by atoms with Gasteiger partial charge in [-0.1, -0.05) is 0 Å². The van der Waals surface area contributed by atoms with Crippen LogP contribution < -0.4 is 0 Å². The number of carbonyl (C=O) groups is 1. The van der Waals surface area contributed by atoms with Crippen molar-refractivity contribution in [1.29, 1.82) is 0 Å². The van der Waals surface area contributed by atoms with Gasteiger partial charge < -0.3 is 4.90 Å². The van der Waals surface area contributed by atoms with Crippen LogP contribution in [0, 0.1) is 0 Å². The Hall–Kier alpha value is 0.290. The number of thioether (sulfide) groups is 2. The first-order chi connectivity index (χ1) is 8.92. The van der Waals surface area contributed by atoms with Crippen molar-refractivity contribution >= 4 is 29.3 Å². The maximum Gasteiger partial charge on any atom is 0.148 e. The highest BCUT2D eigenvalue weighted by molar-refractivity contribution is 8.21. The molecule has 0 unspecified atom stereocenters. The number of likely N-dealkylation sites (N-methyl/N-ethyl adjacent to an activating group) is 1. The van der Waals surface area contributed by atoms with Gasteiger partial charge in [0.2, 0.25) is 0 Å². The Morgan fingerprint density at radius 2 is 1.74 bits per heavy atom. The zero-order valence-corrected chi connectivity index (χ0v) is 14.1. The smallest absolute Gasteiger partial charge is 0.148 e. The van der Waals surface area contributed by atoms with Crippen LogP contribution >= 0.6 is 23.5 Å². The van der Waals surface area contributed by atoms with E-state index in [1.807, 2.05) is 7.05 Å². The van der Waals surface area contributed by atoms with Crippen molar-refractivity contribution in [3.63, 3.8) is 0 Å². The Kier molecular flexibility index (Phi) is 5.26. The lowest BCUT2D eigenvalue weighted by Gasteiger charge is -2.19. The van der Waals surface area contributed by atoms with Gasteiger partial charge in [-0.2, -0.15) is 0 Å². The molecule has 2 atom stereocenters. The highest BCUT2D eigenvalue weighted by atomic mass is 32.2. The molecule has 0 aromatic carbocycles. The number of rotatable bonds is 0. The molecule has 3 nitrogen and oxygen atoms in total. The molecule has 5 heteroatoms. The van der Waals surface area contributed by atoms with E-state index in [0.717, 1.165) is 12.5 Å². The standard InChI is InChI=1S/C8H15NS2.C6H11NO/c1-7-5-8(6-9(7)2)10-3-4-11-8;1-5-3-6(8)4-7(5)2/h7H,3-6H2,1-2H3;5H,3-4H2,1-2H3/t7-;5-/m11/s1. The minimum absolute atomic E-state index is 0.375. The summed E-state index contributed by atoms with van der Waals surface area (Å²) >= 11 is 4.36. The lowest BCUT2D eigenvalue weighted by atomic mass is 10.2. The van der Waals surface area contributed by atoms with Crippen LogP contribution in [0.2, 0.25) is 0 Å². The molecular weight excluding hydrogens is 276 g/mol.